The quantitative estimate of drug-likeness (QED) is 0.739. The Kier molecular flexibility index (Phi) is 7.40. The predicted octanol–water partition coefficient (Wildman–Crippen LogP) is 2.18. The van der Waals surface area contributed by atoms with E-state index in [1.807, 2.05) is 0 Å². The van der Waals surface area contributed by atoms with Gasteiger partial charge in [-0.25, -0.2) is 0 Å². The van der Waals surface area contributed by atoms with E-state index >= 15 is 0 Å². The number of carbonyl (C=O) groups excluding carboxylic acids is 2. The minimum atomic E-state index is -1.03. The molecule has 0 radical (unpaired) electrons. The molecule has 0 spiro atoms. The van der Waals surface area contributed by atoms with E-state index in [1.165, 1.54) is 11.8 Å². The highest BCUT2D eigenvalue weighted by Crippen LogP contribution is 2.20. The van der Waals surface area contributed by atoms with Gasteiger partial charge in [0.05, 0.1) is 0 Å². The lowest BCUT2D eigenvalue weighted by atomic mass is 10.1. The van der Waals surface area contributed by atoms with Crippen molar-refractivity contribution < 1.29 is 24.2 Å². The van der Waals surface area contributed by atoms with Gasteiger partial charge in [0.2, 0.25) is 5.91 Å². The Hall–Kier alpha value is -2.83. The van der Waals surface area contributed by atoms with E-state index in [9.17, 15) is 14.4 Å². The maximum atomic E-state index is 12.8. The second-order valence-electron chi connectivity index (χ2n) is 6.54. The fraction of sp³-hybridized carbons (Fsp3) is 0.450. The maximum Gasteiger partial charge on any atom is 0.323 e. The summed E-state index contributed by atoms with van der Waals surface area (Å²) in [4.78, 5) is 38.7. The monoisotopic (exact) mass is 374 g/mol. The van der Waals surface area contributed by atoms with Gasteiger partial charge in [0, 0.05) is 31.6 Å². The highest BCUT2D eigenvalue weighted by molar-refractivity contribution is 5.94. The highest BCUT2D eigenvalue weighted by Gasteiger charge is 2.27. The number of hydrogen-bond donors (Lipinski definition) is 1. The summed E-state index contributed by atoms with van der Waals surface area (Å²) >= 11 is 0. The van der Waals surface area contributed by atoms with Gasteiger partial charge >= 0.3 is 5.97 Å². The summed E-state index contributed by atoms with van der Waals surface area (Å²) in [5, 5.41) is 9.02. The molecule has 1 heterocycles. The zero-order valence-corrected chi connectivity index (χ0v) is 15.6. The molecule has 0 saturated carbocycles. The Balaban J connectivity index is 2.00. The van der Waals surface area contributed by atoms with Crippen LogP contribution in [0.15, 0.2) is 36.9 Å². The first kappa shape index (κ1) is 20.5. The Morgan fingerprint density at radius 2 is 1.96 bits per heavy atom. The van der Waals surface area contributed by atoms with Crippen molar-refractivity contribution in [2.45, 2.75) is 32.2 Å². The molecule has 1 unspecified atom stereocenters. The Morgan fingerprint density at radius 3 is 2.56 bits per heavy atom. The molecule has 1 fully saturated rings. The van der Waals surface area contributed by atoms with Crippen LogP contribution in [0.1, 0.15) is 36.5 Å². The van der Waals surface area contributed by atoms with Crippen LogP contribution in [-0.4, -0.2) is 65.0 Å². The molecular formula is C20H26N2O5. The van der Waals surface area contributed by atoms with E-state index < -0.39 is 5.97 Å². The van der Waals surface area contributed by atoms with Gasteiger partial charge in [-0.05, 0) is 43.5 Å². The predicted molar refractivity (Wildman–Crippen MR) is 101 cm³/mol. The zero-order valence-electron chi connectivity index (χ0n) is 15.6. The largest absolute Gasteiger partial charge is 0.490 e. The Morgan fingerprint density at radius 1 is 1.26 bits per heavy atom. The van der Waals surface area contributed by atoms with Crippen molar-refractivity contribution >= 4 is 17.8 Å². The van der Waals surface area contributed by atoms with Crippen molar-refractivity contribution in [3.63, 3.8) is 0 Å². The molecule has 0 aliphatic carbocycles. The topological polar surface area (TPSA) is 87.2 Å². The molecule has 0 aromatic heterocycles. The molecule has 0 bridgehead atoms. The number of likely N-dealkylation sites (tertiary alicyclic amines) is 1. The molecule has 1 saturated heterocycles. The van der Waals surface area contributed by atoms with Crippen LogP contribution in [-0.2, 0) is 9.59 Å². The third kappa shape index (κ3) is 5.84. The molecular weight excluding hydrogens is 348 g/mol. The molecule has 1 aromatic carbocycles. The van der Waals surface area contributed by atoms with E-state index in [1.54, 1.807) is 35.2 Å². The summed E-state index contributed by atoms with van der Waals surface area (Å²) in [6.07, 6.45) is 3.63. The zero-order chi connectivity index (χ0) is 19.8. The van der Waals surface area contributed by atoms with E-state index in [4.69, 9.17) is 9.84 Å². The van der Waals surface area contributed by atoms with Gasteiger partial charge in [-0.2, -0.15) is 0 Å². The number of amides is 2. The average Bonchev–Trinajstić information content (AvgIpc) is 2.90. The van der Waals surface area contributed by atoms with Gasteiger partial charge in [0.15, 0.2) is 0 Å². The average molecular weight is 374 g/mol. The van der Waals surface area contributed by atoms with E-state index in [2.05, 4.69) is 6.58 Å². The second-order valence-corrected chi connectivity index (χ2v) is 6.54. The fourth-order valence-corrected chi connectivity index (χ4v) is 3.27. The number of hydrogen-bond acceptors (Lipinski definition) is 4. The van der Waals surface area contributed by atoms with Gasteiger partial charge in [-0.1, -0.05) is 12.7 Å². The van der Waals surface area contributed by atoms with Crippen LogP contribution in [0.4, 0.5) is 0 Å². The normalized spacial score (nSPS) is 16.9. The molecule has 146 valence electrons. The van der Waals surface area contributed by atoms with Crippen LogP contribution in [0.3, 0.4) is 0 Å². The Labute approximate surface area is 159 Å². The summed E-state index contributed by atoms with van der Waals surface area (Å²) in [6, 6.07) is 6.81. The number of carbonyl (C=O) groups is 3. The van der Waals surface area contributed by atoms with Crippen molar-refractivity contribution in [2.24, 2.45) is 0 Å². The molecule has 2 rings (SSSR count). The highest BCUT2D eigenvalue weighted by atomic mass is 16.5. The molecule has 1 aliphatic rings. The first-order valence-electron chi connectivity index (χ1n) is 9.04. The summed E-state index contributed by atoms with van der Waals surface area (Å²) in [5.41, 5.74) is 0.577. The minimum absolute atomic E-state index is 0.0708. The molecule has 1 atom stereocenters. The number of rotatable bonds is 7. The molecule has 27 heavy (non-hydrogen) atoms. The van der Waals surface area contributed by atoms with E-state index in [0.29, 0.717) is 43.9 Å². The Bertz CT molecular complexity index is 686. The molecule has 2 amide bonds. The minimum Gasteiger partial charge on any atom is -0.490 e. The van der Waals surface area contributed by atoms with Crippen molar-refractivity contribution in [2.75, 3.05) is 26.2 Å². The number of nitrogens with zero attached hydrogens (tertiary/aromatic N) is 2. The van der Waals surface area contributed by atoms with Gasteiger partial charge in [-0.15, -0.1) is 0 Å². The molecule has 7 nitrogen and oxygen atoms in total. The van der Waals surface area contributed by atoms with Crippen LogP contribution in [0.25, 0.3) is 0 Å². The lowest BCUT2D eigenvalue weighted by molar-refractivity contribution is -0.145. The van der Waals surface area contributed by atoms with Crippen molar-refractivity contribution in [3.8, 4) is 5.75 Å². The third-order valence-corrected chi connectivity index (χ3v) is 4.60. The van der Waals surface area contributed by atoms with Gasteiger partial charge in [0.1, 0.15) is 18.9 Å². The standard InChI is InChI=1S/C20H26N2O5/c1-3-13-27-18-8-6-16(7-9-18)20(26)21-11-4-5-17(10-12-21)22(15(2)23)14-19(24)25/h3,6-9,17H,1,4-5,10-14H2,2H3,(H,24,25). The first-order chi connectivity index (χ1) is 12.9. The number of aliphatic carboxylic acids is 1. The summed E-state index contributed by atoms with van der Waals surface area (Å²) in [6.45, 7) is 6.15. The summed E-state index contributed by atoms with van der Waals surface area (Å²) < 4.78 is 5.42. The van der Waals surface area contributed by atoms with Crippen LogP contribution in [0.5, 0.6) is 5.75 Å². The maximum absolute atomic E-state index is 12.8. The van der Waals surface area contributed by atoms with Crippen molar-refractivity contribution in [1.82, 2.24) is 9.80 Å². The van der Waals surface area contributed by atoms with Gasteiger partial charge in [0.25, 0.3) is 5.91 Å². The van der Waals surface area contributed by atoms with Crippen LogP contribution >= 0.6 is 0 Å². The molecule has 1 aromatic rings. The summed E-state index contributed by atoms with van der Waals surface area (Å²) in [5.74, 6) is -0.676. The van der Waals surface area contributed by atoms with Crippen molar-refractivity contribution in [3.05, 3.63) is 42.5 Å². The van der Waals surface area contributed by atoms with Crippen LogP contribution in [0, 0.1) is 0 Å². The number of ether oxygens (including phenoxy) is 1. The number of carboxylic acids is 1. The second kappa shape index (κ2) is 9.75. The van der Waals surface area contributed by atoms with Crippen LogP contribution < -0.4 is 4.74 Å². The lowest BCUT2D eigenvalue weighted by Crippen LogP contribution is -2.43. The van der Waals surface area contributed by atoms with Gasteiger partial charge < -0.3 is 19.6 Å². The molecule has 7 heteroatoms. The van der Waals surface area contributed by atoms with Crippen LogP contribution in [0.2, 0.25) is 0 Å². The summed E-state index contributed by atoms with van der Waals surface area (Å²) in [7, 11) is 0. The third-order valence-electron chi connectivity index (χ3n) is 4.60. The van der Waals surface area contributed by atoms with E-state index in [0.717, 1.165) is 6.42 Å². The number of carboxylic acid groups (broad SMARTS) is 1. The van der Waals surface area contributed by atoms with Crippen molar-refractivity contribution in [1.29, 1.82) is 0 Å². The molecule has 1 aliphatic heterocycles. The number of benzene rings is 1. The van der Waals surface area contributed by atoms with E-state index in [-0.39, 0.29) is 24.4 Å². The SMILES string of the molecule is C=CCOc1ccc(C(=O)N2CCCC(N(CC(=O)O)C(C)=O)CC2)cc1. The van der Waals surface area contributed by atoms with Gasteiger partial charge in [-0.3, -0.25) is 14.4 Å². The first-order valence-corrected chi connectivity index (χ1v) is 9.04. The fourth-order valence-electron chi connectivity index (χ4n) is 3.27. The lowest BCUT2D eigenvalue weighted by Gasteiger charge is -2.28. The molecule has 1 N–H and O–H groups in total. The smallest absolute Gasteiger partial charge is 0.323 e.